The van der Waals surface area contributed by atoms with Crippen molar-refractivity contribution in [1.82, 2.24) is 10.2 Å². The third-order valence-corrected chi connectivity index (χ3v) is 5.42. The average Bonchev–Trinajstić information content (AvgIpc) is 2.38. The van der Waals surface area contributed by atoms with Crippen molar-refractivity contribution in [2.75, 3.05) is 13.1 Å². The highest BCUT2D eigenvalue weighted by Crippen LogP contribution is 2.45. The Morgan fingerprint density at radius 3 is 2.30 bits per heavy atom. The molecule has 2 unspecified atom stereocenters. The van der Waals surface area contributed by atoms with Crippen LogP contribution in [0.4, 0.5) is 0 Å². The van der Waals surface area contributed by atoms with Gasteiger partial charge in [-0.2, -0.15) is 0 Å². The van der Waals surface area contributed by atoms with E-state index < -0.39 is 0 Å². The predicted molar refractivity (Wildman–Crippen MR) is 77.0 cm³/mol. The minimum Gasteiger partial charge on any atom is -0.314 e. The van der Waals surface area contributed by atoms with Crippen LogP contribution in [0.1, 0.15) is 58.3 Å². The van der Waals surface area contributed by atoms with E-state index in [0.717, 1.165) is 32.4 Å². The first-order valence-electron chi connectivity index (χ1n) is 8.15. The number of nitrogens with one attached hydrogen (secondary N) is 1. The number of carbonyl (C=O) groups excluding carboxylic acids is 2. The normalized spacial score (nSPS) is 34.5. The summed E-state index contributed by atoms with van der Waals surface area (Å²) < 4.78 is 0. The summed E-state index contributed by atoms with van der Waals surface area (Å²) >= 11 is 0. The fraction of sp³-hybridized carbons (Fsp3) is 0.875. The van der Waals surface area contributed by atoms with Crippen molar-refractivity contribution < 1.29 is 9.59 Å². The van der Waals surface area contributed by atoms with Crippen LogP contribution in [0.5, 0.6) is 0 Å². The summed E-state index contributed by atoms with van der Waals surface area (Å²) in [7, 11) is 0. The van der Waals surface area contributed by atoms with E-state index in [1.807, 2.05) is 0 Å². The molecule has 4 nitrogen and oxygen atoms in total. The van der Waals surface area contributed by atoms with Crippen molar-refractivity contribution in [2.45, 2.75) is 64.3 Å². The number of carbonyl (C=O) groups is 2. The molecule has 4 heteroatoms. The Morgan fingerprint density at radius 2 is 1.70 bits per heavy atom. The fourth-order valence-electron chi connectivity index (χ4n) is 4.40. The smallest absolute Gasteiger partial charge is 0.230 e. The number of likely N-dealkylation sites (tertiary alicyclic amines) is 1. The van der Waals surface area contributed by atoms with E-state index >= 15 is 0 Å². The van der Waals surface area contributed by atoms with Crippen LogP contribution < -0.4 is 5.32 Å². The molecule has 2 amide bonds. The van der Waals surface area contributed by atoms with E-state index in [1.54, 1.807) is 4.90 Å². The van der Waals surface area contributed by atoms with Crippen molar-refractivity contribution >= 4 is 11.8 Å². The van der Waals surface area contributed by atoms with Crippen LogP contribution in [0.3, 0.4) is 0 Å². The van der Waals surface area contributed by atoms with Crippen molar-refractivity contribution in [1.29, 1.82) is 0 Å². The van der Waals surface area contributed by atoms with Gasteiger partial charge in [-0.05, 0) is 37.1 Å². The Morgan fingerprint density at radius 1 is 1.05 bits per heavy atom. The van der Waals surface area contributed by atoms with Crippen LogP contribution in [-0.4, -0.2) is 35.8 Å². The molecule has 3 fully saturated rings. The minimum atomic E-state index is 0.0105. The van der Waals surface area contributed by atoms with Crippen LogP contribution >= 0.6 is 0 Å². The Labute approximate surface area is 121 Å². The number of rotatable bonds is 1. The van der Waals surface area contributed by atoms with Gasteiger partial charge in [0.1, 0.15) is 0 Å². The average molecular weight is 278 g/mol. The van der Waals surface area contributed by atoms with Gasteiger partial charge in [0, 0.05) is 19.4 Å². The minimum absolute atomic E-state index is 0.0105. The maximum absolute atomic E-state index is 12.6. The van der Waals surface area contributed by atoms with E-state index in [-0.39, 0.29) is 23.3 Å². The van der Waals surface area contributed by atoms with Gasteiger partial charge in [-0.3, -0.25) is 14.5 Å². The van der Waals surface area contributed by atoms with Crippen LogP contribution in [0.15, 0.2) is 0 Å². The van der Waals surface area contributed by atoms with Crippen molar-refractivity contribution in [3.63, 3.8) is 0 Å². The molecule has 0 aromatic heterocycles. The van der Waals surface area contributed by atoms with Crippen LogP contribution in [0.2, 0.25) is 0 Å². The van der Waals surface area contributed by atoms with Gasteiger partial charge in [-0.1, -0.05) is 26.2 Å². The fourth-order valence-corrected chi connectivity index (χ4v) is 4.40. The highest BCUT2D eigenvalue weighted by atomic mass is 16.2. The largest absolute Gasteiger partial charge is 0.314 e. The van der Waals surface area contributed by atoms with Gasteiger partial charge in [-0.15, -0.1) is 0 Å². The first-order valence-corrected chi connectivity index (χ1v) is 8.15. The van der Waals surface area contributed by atoms with Crippen molar-refractivity contribution in [3.8, 4) is 0 Å². The van der Waals surface area contributed by atoms with Crippen LogP contribution in [-0.2, 0) is 9.59 Å². The Balaban J connectivity index is 1.72. The lowest BCUT2D eigenvalue weighted by atomic mass is 9.67. The molecule has 2 aliphatic heterocycles. The van der Waals surface area contributed by atoms with Crippen molar-refractivity contribution in [3.05, 3.63) is 0 Å². The molecule has 20 heavy (non-hydrogen) atoms. The molecule has 0 bridgehead atoms. The number of nitrogens with zero attached hydrogens (tertiary/aromatic N) is 1. The monoisotopic (exact) mass is 278 g/mol. The summed E-state index contributed by atoms with van der Waals surface area (Å²) in [5.41, 5.74) is 0.0105. The molecule has 2 heterocycles. The Kier molecular flexibility index (Phi) is 3.85. The van der Waals surface area contributed by atoms with Gasteiger partial charge >= 0.3 is 0 Å². The highest BCUT2D eigenvalue weighted by molar-refractivity contribution is 5.99. The second-order valence-corrected chi connectivity index (χ2v) is 7.22. The van der Waals surface area contributed by atoms with Gasteiger partial charge in [0.2, 0.25) is 11.8 Å². The molecule has 1 N–H and O–H groups in total. The van der Waals surface area contributed by atoms with E-state index in [2.05, 4.69) is 12.2 Å². The Hall–Kier alpha value is -0.900. The predicted octanol–water partition coefficient (Wildman–Crippen LogP) is 2.08. The zero-order chi connectivity index (χ0) is 14.2. The van der Waals surface area contributed by atoms with Gasteiger partial charge in [-0.25, -0.2) is 0 Å². The summed E-state index contributed by atoms with van der Waals surface area (Å²) in [5.74, 6) is 0.716. The van der Waals surface area contributed by atoms with Crippen LogP contribution in [0, 0.1) is 11.3 Å². The number of hydrogen-bond acceptors (Lipinski definition) is 3. The molecule has 1 aliphatic carbocycles. The summed E-state index contributed by atoms with van der Waals surface area (Å²) in [6.45, 7) is 3.95. The molecule has 0 aromatic rings. The molecular weight excluding hydrogens is 252 g/mol. The third-order valence-electron chi connectivity index (χ3n) is 5.42. The van der Waals surface area contributed by atoms with E-state index in [9.17, 15) is 9.59 Å². The van der Waals surface area contributed by atoms with E-state index in [1.165, 1.54) is 19.3 Å². The van der Waals surface area contributed by atoms with Crippen molar-refractivity contribution in [2.24, 2.45) is 11.3 Å². The lowest BCUT2D eigenvalue weighted by Gasteiger charge is -2.45. The third kappa shape index (κ3) is 2.62. The maximum Gasteiger partial charge on any atom is 0.230 e. The molecule has 1 saturated carbocycles. The van der Waals surface area contributed by atoms with Gasteiger partial charge in [0.15, 0.2) is 0 Å². The molecule has 3 aliphatic rings. The number of imide groups is 1. The number of amides is 2. The lowest BCUT2D eigenvalue weighted by molar-refractivity contribution is -0.158. The molecule has 0 aromatic carbocycles. The summed E-state index contributed by atoms with van der Waals surface area (Å²) in [6.07, 6.45) is 7.92. The molecule has 2 atom stereocenters. The maximum atomic E-state index is 12.6. The van der Waals surface area contributed by atoms with E-state index in [0.29, 0.717) is 18.8 Å². The topological polar surface area (TPSA) is 49.4 Å². The van der Waals surface area contributed by atoms with Gasteiger partial charge in [0.05, 0.1) is 6.04 Å². The lowest BCUT2D eigenvalue weighted by Crippen LogP contribution is -2.57. The highest BCUT2D eigenvalue weighted by Gasteiger charge is 2.46. The molecule has 3 rings (SSSR count). The summed E-state index contributed by atoms with van der Waals surface area (Å²) in [6, 6.07) is 0.0830. The standard InChI is InChI=1S/C16H26N2O2/c1-12-7-13(11-17-10-12)18-14(19)8-16(9-15(18)20)5-3-2-4-6-16/h12-13,17H,2-11H2,1H3. The second-order valence-electron chi connectivity index (χ2n) is 7.22. The molecule has 0 radical (unpaired) electrons. The number of piperidine rings is 2. The van der Waals surface area contributed by atoms with Gasteiger partial charge < -0.3 is 5.32 Å². The first-order chi connectivity index (χ1) is 9.60. The summed E-state index contributed by atoms with van der Waals surface area (Å²) in [5, 5.41) is 3.35. The zero-order valence-electron chi connectivity index (χ0n) is 12.5. The van der Waals surface area contributed by atoms with E-state index in [4.69, 9.17) is 0 Å². The molecule has 2 saturated heterocycles. The quantitative estimate of drug-likeness (QED) is 0.747. The second kappa shape index (κ2) is 5.47. The zero-order valence-corrected chi connectivity index (χ0v) is 12.5. The summed E-state index contributed by atoms with van der Waals surface area (Å²) in [4.78, 5) is 26.7. The molecular formula is C16H26N2O2. The molecule has 1 spiro atoms. The SMILES string of the molecule is CC1CNCC(N2C(=O)CC3(CCCCC3)CC2=O)C1. The molecule has 112 valence electrons. The first kappa shape index (κ1) is 14.1. The number of hydrogen-bond donors (Lipinski definition) is 1. The van der Waals surface area contributed by atoms with Gasteiger partial charge in [0.25, 0.3) is 0 Å². The Bertz CT molecular complexity index is 381. The van der Waals surface area contributed by atoms with Crippen LogP contribution in [0.25, 0.3) is 0 Å².